The average molecular weight is 429 g/mol. The van der Waals surface area contributed by atoms with Crippen LogP contribution in [0.25, 0.3) is 0 Å². The maximum atomic E-state index is 12.0. The summed E-state index contributed by atoms with van der Waals surface area (Å²) in [5.41, 5.74) is 3.19. The first kappa shape index (κ1) is 22.6. The van der Waals surface area contributed by atoms with Crippen molar-refractivity contribution in [1.29, 1.82) is 0 Å². The highest BCUT2D eigenvalue weighted by Gasteiger charge is 2.31. The number of carbonyl (C=O) groups excluding carboxylic acids is 1. The number of anilines is 2. The summed E-state index contributed by atoms with van der Waals surface area (Å²) in [7, 11) is 4.35. The van der Waals surface area contributed by atoms with Crippen LogP contribution in [0.1, 0.15) is 31.9 Å². The van der Waals surface area contributed by atoms with Crippen molar-refractivity contribution in [2.75, 3.05) is 50.5 Å². The molecule has 4 rings (SSSR count). The molecule has 0 saturated carbocycles. The topological polar surface area (TPSA) is 38.8 Å². The molecule has 2 aromatic rings. The van der Waals surface area contributed by atoms with E-state index in [1.54, 1.807) is 6.92 Å². The van der Waals surface area contributed by atoms with Crippen LogP contribution in [0.2, 0.25) is 5.02 Å². The van der Waals surface area contributed by atoms with Crippen LogP contribution in [-0.4, -0.2) is 62.0 Å². The van der Waals surface area contributed by atoms with E-state index in [2.05, 4.69) is 42.2 Å². The Kier molecular flexibility index (Phi) is 7.75. The molecule has 2 aromatic carbocycles. The van der Waals surface area contributed by atoms with Crippen LogP contribution in [0.3, 0.4) is 0 Å². The van der Waals surface area contributed by atoms with E-state index in [0.717, 1.165) is 28.4 Å². The van der Waals surface area contributed by atoms with Gasteiger partial charge in [-0.05, 0) is 63.3 Å². The molecular weight excluding hydrogens is 396 g/mol. The van der Waals surface area contributed by atoms with Gasteiger partial charge in [-0.15, -0.1) is 0 Å². The Morgan fingerprint density at radius 1 is 0.967 bits per heavy atom. The smallest absolute Gasteiger partial charge is 0.224 e. The number of fused-ring (bicyclic) bond motifs is 1. The highest BCUT2D eigenvalue weighted by atomic mass is 35.5. The van der Waals surface area contributed by atoms with Gasteiger partial charge in [0.25, 0.3) is 0 Å². The Morgan fingerprint density at radius 3 is 2.10 bits per heavy atom. The van der Waals surface area contributed by atoms with E-state index in [-0.39, 0.29) is 18.0 Å². The number of halogens is 1. The molecule has 0 spiro atoms. The van der Waals surface area contributed by atoms with Crippen LogP contribution in [0.4, 0.5) is 11.4 Å². The number of likely N-dealkylation sites (N-methyl/N-ethyl adjacent to an activating group) is 2. The van der Waals surface area contributed by atoms with Gasteiger partial charge in [-0.25, -0.2) is 0 Å². The van der Waals surface area contributed by atoms with Gasteiger partial charge in [0.15, 0.2) is 0 Å². The Hall–Kier alpha value is -2.08. The number of hydrogen-bond donors (Lipinski definition) is 1. The first-order valence-corrected chi connectivity index (χ1v) is 11.0. The minimum Gasteiger partial charge on any atom is -0.378 e. The molecule has 1 saturated heterocycles. The molecule has 5 nitrogen and oxygen atoms in total. The first-order valence-electron chi connectivity index (χ1n) is 10.6. The summed E-state index contributed by atoms with van der Waals surface area (Å²) in [6, 6.07) is 16.2. The van der Waals surface area contributed by atoms with Crippen LogP contribution in [0.15, 0.2) is 48.5 Å². The number of amides is 1. The second-order valence-corrected chi connectivity index (χ2v) is 8.78. The lowest BCUT2D eigenvalue weighted by Gasteiger charge is -2.39. The average Bonchev–Trinajstić information content (AvgIpc) is 2.72. The molecule has 2 aliphatic heterocycles. The quantitative estimate of drug-likeness (QED) is 0.764. The molecule has 2 aliphatic rings. The number of rotatable bonds is 2. The largest absolute Gasteiger partial charge is 0.378 e. The zero-order chi connectivity index (χ0) is 21.7. The summed E-state index contributed by atoms with van der Waals surface area (Å²) in [4.78, 5) is 18.6. The Labute approximate surface area is 185 Å². The van der Waals surface area contributed by atoms with Gasteiger partial charge in [0.1, 0.15) is 0 Å². The van der Waals surface area contributed by atoms with Crippen molar-refractivity contribution >= 4 is 28.9 Å². The Bertz CT molecular complexity index is 823. The van der Waals surface area contributed by atoms with Gasteiger partial charge < -0.3 is 20.0 Å². The molecule has 2 atom stereocenters. The first-order chi connectivity index (χ1) is 14.3. The lowest BCUT2D eigenvalue weighted by Crippen LogP contribution is -2.43. The molecule has 0 radical (unpaired) electrons. The van der Waals surface area contributed by atoms with Crippen molar-refractivity contribution in [3.05, 3.63) is 59.1 Å². The van der Waals surface area contributed by atoms with E-state index in [4.69, 9.17) is 11.6 Å². The number of nitrogens with zero attached hydrogens (tertiary/aromatic N) is 3. The zero-order valence-electron chi connectivity index (χ0n) is 18.4. The van der Waals surface area contributed by atoms with E-state index in [0.29, 0.717) is 0 Å². The molecule has 162 valence electrons. The lowest BCUT2D eigenvalue weighted by atomic mass is 9.91. The third-order valence-electron chi connectivity index (χ3n) is 5.84. The minimum atomic E-state index is 0.0879. The van der Waals surface area contributed by atoms with Gasteiger partial charge in [-0.1, -0.05) is 29.8 Å². The van der Waals surface area contributed by atoms with E-state index in [1.165, 1.54) is 26.2 Å². The van der Waals surface area contributed by atoms with Crippen molar-refractivity contribution in [1.82, 2.24) is 9.80 Å². The summed E-state index contributed by atoms with van der Waals surface area (Å²) in [5, 5.41) is 4.29. The van der Waals surface area contributed by atoms with E-state index in [9.17, 15) is 4.79 Å². The number of carbonyl (C=O) groups is 1. The molecule has 0 bridgehead atoms. The Morgan fingerprint density at radius 2 is 1.53 bits per heavy atom. The molecule has 1 amide bonds. The second kappa shape index (κ2) is 10.3. The Balaban J connectivity index is 0.000000269. The molecule has 30 heavy (non-hydrogen) atoms. The molecule has 0 aromatic heterocycles. The van der Waals surface area contributed by atoms with E-state index >= 15 is 0 Å². The monoisotopic (exact) mass is 428 g/mol. The van der Waals surface area contributed by atoms with Crippen molar-refractivity contribution in [3.63, 3.8) is 0 Å². The molecule has 2 unspecified atom stereocenters. The van der Waals surface area contributed by atoms with Crippen LogP contribution >= 0.6 is 11.6 Å². The standard InChI is InChI=1S/C18H19ClN2O.C6H14N2/c1-12-11-17(20-15-9-7-14(19)8-10-15)16-5-3-4-6-18(16)21(12)13(2)22;1-7-3-5-8(2)6-4-7/h3-10,12,17,20H,11H2,1-2H3;3-6H2,1-2H3. The highest BCUT2D eigenvalue weighted by Crippen LogP contribution is 2.38. The lowest BCUT2D eigenvalue weighted by molar-refractivity contribution is -0.117. The predicted octanol–water partition coefficient (Wildman–Crippen LogP) is 4.50. The van der Waals surface area contributed by atoms with Crippen LogP contribution in [0.5, 0.6) is 0 Å². The fraction of sp³-hybridized carbons (Fsp3) is 0.458. The number of piperazine rings is 1. The van der Waals surface area contributed by atoms with Crippen LogP contribution in [-0.2, 0) is 4.79 Å². The van der Waals surface area contributed by atoms with Crippen molar-refractivity contribution < 1.29 is 4.79 Å². The van der Waals surface area contributed by atoms with Gasteiger partial charge in [0.05, 0.1) is 6.04 Å². The molecule has 2 heterocycles. The van der Waals surface area contributed by atoms with Crippen molar-refractivity contribution in [2.24, 2.45) is 0 Å². The maximum Gasteiger partial charge on any atom is 0.224 e. The zero-order valence-corrected chi connectivity index (χ0v) is 19.2. The van der Waals surface area contributed by atoms with Gasteiger partial charge in [-0.3, -0.25) is 4.79 Å². The summed E-state index contributed by atoms with van der Waals surface area (Å²) < 4.78 is 0. The highest BCUT2D eigenvalue weighted by molar-refractivity contribution is 6.30. The fourth-order valence-electron chi connectivity index (χ4n) is 4.08. The minimum absolute atomic E-state index is 0.0879. The van der Waals surface area contributed by atoms with Gasteiger partial charge in [0, 0.05) is 55.5 Å². The van der Waals surface area contributed by atoms with Gasteiger partial charge in [0.2, 0.25) is 5.91 Å². The summed E-state index contributed by atoms with van der Waals surface area (Å²) >= 11 is 5.94. The number of para-hydroxylation sites is 1. The van der Waals surface area contributed by atoms with Gasteiger partial charge in [-0.2, -0.15) is 0 Å². The summed E-state index contributed by atoms with van der Waals surface area (Å²) in [5.74, 6) is 0.0879. The molecule has 1 fully saturated rings. The molecular formula is C24H33ClN4O. The summed E-state index contributed by atoms with van der Waals surface area (Å²) in [6.45, 7) is 8.65. The third-order valence-corrected chi connectivity index (χ3v) is 6.09. The fourth-order valence-corrected chi connectivity index (χ4v) is 4.21. The molecule has 6 heteroatoms. The molecule has 1 N–H and O–H groups in total. The van der Waals surface area contributed by atoms with Gasteiger partial charge >= 0.3 is 0 Å². The SMILES string of the molecule is CC(=O)N1c2ccccc2C(Nc2ccc(Cl)cc2)CC1C.CN1CCN(C)CC1. The van der Waals surface area contributed by atoms with Crippen molar-refractivity contribution in [2.45, 2.75) is 32.4 Å². The maximum absolute atomic E-state index is 12.0. The van der Waals surface area contributed by atoms with Crippen molar-refractivity contribution in [3.8, 4) is 0 Å². The van der Waals surface area contributed by atoms with E-state index in [1.807, 2.05) is 47.4 Å². The van der Waals surface area contributed by atoms with E-state index < -0.39 is 0 Å². The number of hydrogen-bond acceptors (Lipinski definition) is 4. The predicted molar refractivity (Wildman–Crippen MR) is 126 cm³/mol. The third kappa shape index (κ3) is 5.75. The molecule has 0 aliphatic carbocycles. The summed E-state index contributed by atoms with van der Waals surface area (Å²) in [6.07, 6.45) is 0.874. The second-order valence-electron chi connectivity index (χ2n) is 8.34. The normalized spacial score (nSPS) is 22.0. The van der Waals surface area contributed by atoms with Crippen LogP contribution < -0.4 is 10.2 Å². The number of nitrogens with one attached hydrogen (secondary N) is 1. The number of benzene rings is 2. The van der Waals surface area contributed by atoms with Crippen LogP contribution in [0, 0.1) is 0 Å².